The quantitative estimate of drug-likeness (QED) is 0.850. The molecular weight excluding hydrogens is 244 g/mol. The van der Waals surface area contributed by atoms with Crippen LogP contribution in [0.4, 0.5) is 5.69 Å². The zero-order chi connectivity index (χ0) is 14.3. The molecule has 19 heavy (non-hydrogen) atoms. The molecule has 0 heterocycles. The zero-order valence-corrected chi connectivity index (χ0v) is 11.3. The molecule has 0 aromatic heterocycles. The molecule has 0 saturated heterocycles. The lowest BCUT2D eigenvalue weighted by Crippen LogP contribution is -2.32. The van der Waals surface area contributed by atoms with Crippen molar-refractivity contribution in [2.45, 2.75) is 26.1 Å². The van der Waals surface area contributed by atoms with Crippen molar-refractivity contribution in [2.75, 3.05) is 19.0 Å². The van der Waals surface area contributed by atoms with Gasteiger partial charge in [0.15, 0.2) is 0 Å². The van der Waals surface area contributed by atoms with Crippen LogP contribution >= 0.6 is 0 Å². The number of ether oxygens (including phenoxy) is 2. The number of nitrogens with one attached hydrogen (secondary N) is 1. The van der Waals surface area contributed by atoms with Gasteiger partial charge in [-0.2, -0.15) is 5.26 Å². The van der Waals surface area contributed by atoms with Gasteiger partial charge in [0.2, 0.25) is 0 Å². The Hall–Kier alpha value is -1.90. The minimum absolute atomic E-state index is 0.147. The van der Waals surface area contributed by atoms with E-state index in [1.54, 1.807) is 38.3 Å². The van der Waals surface area contributed by atoms with Crippen LogP contribution in [0.25, 0.3) is 0 Å². The van der Waals surface area contributed by atoms with E-state index in [1.807, 2.05) is 13.0 Å². The number of methoxy groups -OCH3 is 1. The van der Waals surface area contributed by atoms with Crippen molar-refractivity contribution in [1.82, 2.24) is 0 Å². The molecule has 2 atom stereocenters. The lowest BCUT2D eigenvalue weighted by molar-refractivity contribution is -0.131. The molecule has 0 fully saturated rings. The smallest absolute Gasteiger partial charge is 0.253 e. The minimum atomic E-state index is -0.569. The van der Waals surface area contributed by atoms with Crippen LogP contribution in [0.1, 0.15) is 19.4 Å². The Morgan fingerprint density at radius 3 is 2.53 bits per heavy atom. The Kier molecular flexibility index (Phi) is 6.00. The molecule has 1 amide bonds. The molecule has 1 rings (SSSR count). The monoisotopic (exact) mass is 262 g/mol. The molecule has 1 aromatic rings. The Morgan fingerprint density at radius 1 is 1.37 bits per heavy atom. The van der Waals surface area contributed by atoms with E-state index in [0.29, 0.717) is 17.9 Å². The van der Waals surface area contributed by atoms with Gasteiger partial charge in [0.25, 0.3) is 5.91 Å². The molecule has 0 spiro atoms. The summed E-state index contributed by atoms with van der Waals surface area (Å²) in [5.74, 6) is -0.229. The van der Waals surface area contributed by atoms with Crippen molar-refractivity contribution in [1.29, 1.82) is 5.26 Å². The predicted octanol–water partition coefficient (Wildman–Crippen LogP) is 1.94. The maximum absolute atomic E-state index is 11.9. The SMILES string of the molecule is COCC(C)OC(C)C(=O)Nc1ccc(C#N)cc1. The van der Waals surface area contributed by atoms with Gasteiger partial charge in [0.05, 0.1) is 24.3 Å². The average molecular weight is 262 g/mol. The summed E-state index contributed by atoms with van der Waals surface area (Å²) >= 11 is 0. The maximum Gasteiger partial charge on any atom is 0.253 e. The van der Waals surface area contributed by atoms with Crippen LogP contribution in [0.5, 0.6) is 0 Å². The second kappa shape index (κ2) is 7.52. The molecule has 1 aromatic carbocycles. The topological polar surface area (TPSA) is 71.3 Å². The number of anilines is 1. The van der Waals surface area contributed by atoms with E-state index in [2.05, 4.69) is 5.32 Å². The average Bonchev–Trinajstić information content (AvgIpc) is 2.39. The lowest BCUT2D eigenvalue weighted by Gasteiger charge is -2.18. The predicted molar refractivity (Wildman–Crippen MR) is 71.7 cm³/mol. The highest BCUT2D eigenvalue weighted by atomic mass is 16.5. The van der Waals surface area contributed by atoms with Crippen LogP contribution < -0.4 is 5.32 Å². The van der Waals surface area contributed by atoms with Gasteiger partial charge in [-0.1, -0.05) is 0 Å². The molecule has 0 aliphatic carbocycles. The summed E-state index contributed by atoms with van der Waals surface area (Å²) in [6.07, 6.45) is -0.715. The van der Waals surface area contributed by atoms with Crippen LogP contribution in [0.2, 0.25) is 0 Å². The summed E-state index contributed by atoms with van der Waals surface area (Å²) in [4.78, 5) is 11.9. The number of rotatable bonds is 6. The summed E-state index contributed by atoms with van der Waals surface area (Å²) in [6.45, 7) is 3.97. The van der Waals surface area contributed by atoms with Crippen LogP contribution in [-0.4, -0.2) is 31.8 Å². The molecule has 0 aliphatic heterocycles. The van der Waals surface area contributed by atoms with Gasteiger partial charge in [0, 0.05) is 12.8 Å². The second-order valence-electron chi connectivity index (χ2n) is 4.22. The fourth-order valence-corrected chi connectivity index (χ4v) is 1.56. The second-order valence-corrected chi connectivity index (χ2v) is 4.22. The summed E-state index contributed by atoms with van der Waals surface area (Å²) in [5.41, 5.74) is 1.19. The fraction of sp³-hybridized carbons (Fsp3) is 0.429. The van der Waals surface area contributed by atoms with Crippen LogP contribution in [0.15, 0.2) is 24.3 Å². The number of carbonyl (C=O) groups excluding carboxylic acids is 1. The summed E-state index contributed by atoms with van der Waals surface area (Å²) in [6, 6.07) is 8.68. The highest BCUT2D eigenvalue weighted by molar-refractivity contribution is 5.93. The van der Waals surface area contributed by atoms with E-state index in [1.165, 1.54) is 0 Å². The van der Waals surface area contributed by atoms with Crippen LogP contribution in [0, 0.1) is 11.3 Å². The first-order valence-corrected chi connectivity index (χ1v) is 6.02. The Morgan fingerprint density at radius 2 is 2.00 bits per heavy atom. The lowest BCUT2D eigenvalue weighted by atomic mass is 10.2. The number of benzene rings is 1. The first kappa shape index (κ1) is 15.2. The van der Waals surface area contributed by atoms with E-state index >= 15 is 0 Å². The van der Waals surface area contributed by atoms with Crippen LogP contribution in [0.3, 0.4) is 0 Å². The largest absolute Gasteiger partial charge is 0.382 e. The van der Waals surface area contributed by atoms with Gasteiger partial charge in [-0.05, 0) is 38.1 Å². The van der Waals surface area contributed by atoms with Crippen molar-refractivity contribution in [3.05, 3.63) is 29.8 Å². The minimum Gasteiger partial charge on any atom is -0.382 e. The number of hydrogen-bond donors (Lipinski definition) is 1. The Labute approximate surface area is 113 Å². The van der Waals surface area contributed by atoms with Gasteiger partial charge in [0.1, 0.15) is 6.10 Å². The molecule has 0 radical (unpaired) electrons. The highest BCUT2D eigenvalue weighted by Crippen LogP contribution is 2.10. The first-order chi connectivity index (χ1) is 9.06. The van der Waals surface area contributed by atoms with Crippen molar-refractivity contribution in [2.24, 2.45) is 0 Å². The highest BCUT2D eigenvalue weighted by Gasteiger charge is 2.16. The van der Waals surface area contributed by atoms with E-state index in [-0.39, 0.29) is 12.0 Å². The third kappa shape index (κ3) is 5.08. The number of nitriles is 1. The van der Waals surface area contributed by atoms with Gasteiger partial charge in [-0.3, -0.25) is 4.79 Å². The molecule has 0 bridgehead atoms. The molecule has 1 N–H and O–H groups in total. The van der Waals surface area contributed by atoms with Crippen LogP contribution in [-0.2, 0) is 14.3 Å². The number of amides is 1. The number of carbonyl (C=O) groups is 1. The van der Waals surface area contributed by atoms with Gasteiger partial charge >= 0.3 is 0 Å². The van der Waals surface area contributed by atoms with E-state index < -0.39 is 6.10 Å². The fourth-order valence-electron chi connectivity index (χ4n) is 1.56. The van der Waals surface area contributed by atoms with Crippen molar-refractivity contribution >= 4 is 11.6 Å². The van der Waals surface area contributed by atoms with Crippen molar-refractivity contribution in [3.63, 3.8) is 0 Å². The normalized spacial score (nSPS) is 13.4. The molecule has 2 unspecified atom stereocenters. The molecule has 102 valence electrons. The molecule has 5 nitrogen and oxygen atoms in total. The summed E-state index contributed by atoms with van der Waals surface area (Å²) < 4.78 is 10.4. The maximum atomic E-state index is 11.9. The van der Waals surface area contributed by atoms with Gasteiger partial charge in [-0.25, -0.2) is 0 Å². The van der Waals surface area contributed by atoms with Crippen molar-refractivity contribution in [3.8, 4) is 6.07 Å². The zero-order valence-electron chi connectivity index (χ0n) is 11.3. The molecule has 0 saturated carbocycles. The summed E-state index contributed by atoms with van der Waals surface area (Å²) in [5, 5.41) is 11.4. The first-order valence-electron chi connectivity index (χ1n) is 6.02. The van der Waals surface area contributed by atoms with Crippen molar-refractivity contribution < 1.29 is 14.3 Å². The number of nitrogens with zero attached hydrogens (tertiary/aromatic N) is 1. The Balaban J connectivity index is 2.51. The van der Waals surface area contributed by atoms with E-state index in [0.717, 1.165) is 0 Å². The third-order valence-corrected chi connectivity index (χ3v) is 2.49. The van der Waals surface area contributed by atoms with E-state index in [4.69, 9.17) is 14.7 Å². The third-order valence-electron chi connectivity index (χ3n) is 2.49. The molecular formula is C14H18N2O3. The van der Waals surface area contributed by atoms with Gasteiger partial charge in [-0.15, -0.1) is 0 Å². The van der Waals surface area contributed by atoms with E-state index in [9.17, 15) is 4.79 Å². The molecule has 0 aliphatic rings. The molecule has 5 heteroatoms. The summed E-state index contributed by atoms with van der Waals surface area (Å²) in [7, 11) is 1.58. The number of hydrogen-bond acceptors (Lipinski definition) is 4. The Bertz CT molecular complexity index is 451. The standard InChI is InChI=1S/C14H18N2O3/c1-10(9-18-3)19-11(2)14(17)16-13-6-4-12(8-15)5-7-13/h4-7,10-11H,9H2,1-3H3,(H,16,17). The van der Waals surface area contributed by atoms with Gasteiger partial charge < -0.3 is 14.8 Å².